The van der Waals surface area contributed by atoms with Gasteiger partial charge in [-0.25, -0.2) is 4.79 Å². The van der Waals surface area contributed by atoms with E-state index in [1.807, 2.05) is 0 Å². The van der Waals surface area contributed by atoms with Crippen molar-refractivity contribution in [1.29, 1.82) is 0 Å². The third kappa shape index (κ3) is 3.84. The molecule has 104 valence electrons. The normalized spacial score (nSPS) is 10.9. The maximum absolute atomic E-state index is 11.8. The van der Waals surface area contributed by atoms with Crippen LogP contribution in [0.25, 0.3) is 0 Å². The van der Waals surface area contributed by atoms with Gasteiger partial charge in [0.25, 0.3) is 5.69 Å². The summed E-state index contributed by atoms with van der Waals surface area (Å²) in [7, 11) is 1.41. The Morgan fingerprint density at radius 1 is 1.42 bits per heavy atom. The van der Waals surface area contributed by atoms with E-state index in [0.29, 0.717) is 0 Å². The van der Waals surface area contributed by atoms with Crippen LogP contribution in [0.15, 0.2) is 18.2 Å². The van der Waals surface area contributed by atoms with E-state index >= 15 is 0 Å². The van der Waals surface area contributed by atoms with Gasteiger partial charge >= 0.3 is 6.09 Å². The number of nitro groups is 1. The molecular weight excluding hydrogens is 252 g/mol. The van der Waals surface area contributed by atoms with E-state index in [1.165, 1.54) is 19.2 Å². The molecule has 1 aromatic carbocycles. The van der Waals surface area contributed by atoms with Gasteiger partial charge in [-0.2, -0.15) is 0 Å². The molecule has 7 heteroatoms. The van der Waals surface area contributed by atoms with Gasteiger partial charge in [-0.1, -0.05) is 0 Å². The van der Waals surface area contributed by atoms with Crippen LogP contribution in [0.2, 0.25) is 0 Å². The number of nitrogens with zero attached hydrogens (tertiary/aromatic N) is 2. The minimum atomic E-state index is -0.665. The zero-order valence-corrected chi connectivity index (χ0v) is 11.2. The number of non-ortho nitro benzene ring substituents is 1. The van der Waals surface area contributed by atoms with Crippen molar-refractivity contribution in [3.63, 3.8) is 0 Å². The molecule has 0 saturated carbocycles. The highest BCUT2D eigenvalue weighted by atomic mass is 16.6. The number of rotatable bonds is 2. The number of phenols is 1. The van der Waals surface area contributed by atoms with Crippen LogP contribution in [0.5, 0.6) is 5.75 Å². The average Bonchev–Trinajstić information content (AvgIpc) is 2.25. The van der Waals surface area contributed by atoms with Gasteiger partial charge in [-0.05, 0) is 26.8 Å². The highest BCUT2D eigenvalue weighted by Crippen LogP contribution is 2.31. The van der Waals surface area contributed by atoms with Gasteiger partial charge in [-0.3, -0.25) is 15.0 Å². The molecule has 1 amide bonds. The molecule has 0 aromatic heterocycles. The Kier molecular flexibility index (Phi) is 3.98. The minimum absolute atomic E-state index is 0.139. The van der Waals surface area contributed by atoms with Crippen molar-refractivity contribution in [2.75, 3.05) is 11.9 Å². The molecule has 0 unspecified atom stereocenters. The van der Waals surface area contributed by atoms with Gasteiger partial charge in [0.2, 0.25) is 0 Å². The SMILES string of the molecule is CN(C(=O)OC(C)(C)C)c1ccc([N+](=O)[O-])cc1O. The van der Waals surface area contributed by atoms with E-state index in [1.54, 1.807) is 20.8 Å². The average molecular weight is 268 g/mol. The lowest BCUT2D eigenvalue weighted by atomic mass is 10.2. The van der Waals surface area contributed by atoms with Crippen LogP contribution < -0.4 is 4.90 Å². The third-order valence-corrected chi connectivity index (χ3v) is 2.20. The summed E-state index contributed by atoms with van der Waals surface area (Å²) in [6, 6.07) is 3.48. The first-order valence-corrected chi connectivity index (χ1v) is 5.56. The lowest BCUT2D eigenvalue weighted by Crippen LogP contribution is -2.34. The van der Waals surface area contributed by atoms with Crippen LogP contribution in [0.3, 0.4) is 0 Å². The molecule has 0 heterocycles. The molecule has 19 heavy (non-hydrogen) atoms. The number of hydrogen-bond acceptors (Lipinski definition) is 5. The smallest absolute Gasteiger partial charge is 0.414 e. The molecule has 0 aliphatic heterocycles. The number of ether oxygens (including phenoxy) is 1. The summed E-state index contributed by atoms with van der Waals surface area (Å²) in [6.07, 6.45) is -0.656. The van der Waals surface area contributed by atoms with Crippen LogP contribution in [0.4, 0.5) is 16.2 Å². The molecule has 0 radical (unpaired) electrons. The predicted octanol–water partition coefficient (Wildman–Crippen LogP) is 2.67. The van der Waals surface area contributed by atoms with Crippen molar-refractivity contribution in [3.05, 3.63) is 28.3 Å². The van der Waals surface area contributed by atoms with Crippen LogP contribution in [-0.4, -0.2) is 28.8 Å². The zero-order chi connectivity index (χ0) is 14.8. The number of aromatic hydroxyl groups is 1. The van der Waals surface area contributed by atoms with Gasteiger partial charge in [0.1, 0.15) is 11.4 Å². The number of anilines is 1. The van der Waals surface area contributed by atoms with Crippen molar-refractivity contribution < 1.29 is 19.6 Å². The highest BCUT2D eigenvalue weighted by Gasteiger charge is 2.23. The van der Waals surface area contributed by atoms with Crippen LogP contribution in [0.1, 0.15) is 20.8 Å². The van der Waals surface area contributed by atoms with Crippen molar-refractivity contribution in [2.45, 2.75) is 26.4 Å². The van der Waals surface area contributed by atoms with Gasteiger partial charge in [0.15, 0.2) is 0 Å². The first-order chi connectivity index (χ1) is 8.61. The second kappa shape index (κ2) is 5.13. The monoisotopic (exact) mass is 268 g/mol. The summed E-state index contributed by atoms with van der Waals surface area (Å²) in [5.41, 5.74) is -0.777. The van der Waals surface area contributed by atoms with Crippen LogP contribution in [0, 0.1) is 10.1 Å². The van der Waals surface area contributed by atoms with Gasteiger partial charge < -0.3 is 9.84 Å². The van der Waals surface area contributed by atoms with Crippen molar-refractivity contribution in [1.82, 2.24) is 0 Å². The fraction of sp³-hybridized carbons (Fsp3) is 0.417. The molecule has 1 aromatic rings. The third-order valence-electron chi connectivity index (χ3n) is 2.20. The topological polar surface area (TPSA) is 92.9 Å². The summed E-state index contributed by atoms with van der Waals surface area (Å²) in [5, 5.41) is 20.2. The fourth-order valence-electron chi connectivity index (χ4n) is 1.34. The highest BCUT2D eigenvalue weighted by molar-refractivity contribution is 5.89. The number of nitro benzene ring substituents is 1. The number of hydrogen-bond donors (Lipinski definition) is 1. The molecule has 0 fully saturated rings. The van der Waals surface area contributed by atoms with Crippen molar-refractivity contribution >= 4 is 17.5 Å². The molecule has 0 bridgehead atoms. The molecule has 0 spiro atoms. The summed E-state index contributed by atoms with van der Waals surface area (Å²) in [6.45, 7) is 5.15. The van der Waals surface area contributed by atoms with Crippen LogP contribution in [-0.2, 0) is 4.74 Å². The maximum atomic E-state index is 11.8. The maximum Gasteiger partial charge on any atom is 0.414 e. The summed E-state index contributed by atoms with van der Waals surface area (Å²) in [4.78, 5) is 22.8. The quantitative estimate of drug-likeness (QED) is 0.657. The summed E-state index contributed by atoms with van der Waals surface area (Å²) >= 11 is 0. The van der Waals surface area contributed by atoms with Gasteiger partial charge in [-0.15, -0.1) is 0 Å². The van der Waals surface area contributed by atoms with Gasteiger partial charge in [0, 0.05) is 13.1 Å². The number of benzene rings is 1. The minimum Gasteiger partial charge on any atom is -0.505 e. The molecule has 1 rings (SSSR count). The zero-order valence-electron chi connectivity index (χ0n) is 11.2. The predicted molar refractivity (Wildman–Crippen MR) is 69.4 cm³/mol. The van der Waals surface area contributed by atoms with Crippen molar-refractivity contribution in [2.24, 2.45) is 0 Å². The number of carbonyl (C=O) groups is 1. The first kappa shape index (κ1) is 14.7. The molecule has 1 N–H and O–H groups in total. The standard InChI is InChI=1S/C12H16N2O5/c1-12(2,3)19-11(16)13(4)9-6-5-8(14(17)18)7-10(9)15/h5-7,15H,1-4H3. The molecule has 0 aliphatic rings. The second-order valence-corrected chi connectivity index (χ2v) is 4.97. The van der Waals surface area contributed by atoms with Crippen molar-refractivity contribution in [3.8, 4) is 5.75 Å². The molecular formula is C12H16N2O5. The Balaban J connectivity index is 2.97. The van der Waals surface area contributed by atoms with Gasteiger partial charge in [0.05, 0.1) is 16.7 Å². The van der Waals surface area contributed by atoms with E-state index < -0.39 is 16.6 Å². The summed E-state index contributed by atoms with van der Waals surface area (Å²) < 4.78 is 5.13. The van der Waals surface area contributed by atoms with E-state index in [4.69, 9.17) is 4.74 Å². The molecule has 0 atom stereocenters. The van der Waals surface area contributed by atoms with E-state index in [-0.39, 0.29) is 17.1 Å². The Morgan fingerprint density at radius 2 is 2.00 bits per heavy atom. The number of amides is 1. The first-order valence-electron chi connectivity index (χ1n) is 5.56. The molecule has 0 aliphatic carbocycles. The lowest BCUT2D eigenvalue weighted by Gasteiger charge is -2.24. The fourth-order valence-corrected chi connectivity index (χ4v) is 1.34. The number of phenolic OH excluding ortho intramolecular Hbond substituents is 1. The largest absolute Gasteiger partial charge is 0.505 e. The Morgan fingerprint density at radius 3 is 2.42 bits per heavy atom. The Hall–Kier alpha value is -2.31. The Bertz CT molecular complexity index is 507. The second-order valence-electron chi connectivity index (χ2n) is 4.97. The van der Waals surface area contributed by atoms with E-state index in [9.17, 15) is 20.0 Å². The Labute approximate surface area is 110 Å². The molecule has 0 saturated heterocycles. The molecule has 7 nitrogen and oxygen atoms in total. The van der Waals surface area contributed by atoms with E-state index in [0.717, 1.165) is 11.0 Å². The van der Waals surface area contributed by atoms with E-state index in [2.05, 4.69) is 0 Å². The number of carbonyl (C=O) groups excluding carboxylic acids is 1. The summed E-state index contributed by atoms with van der Waals surface area (Å²) in [5.74, 6) is -0.359. The van der Waals surface area contributed by atoms with Crippen LogP contribution >= 0.6 is 0 Å². The lowest BCUT2D eigenvalue weighted by molar-refractivity contribution is -0.384.